The summed E-state index contributed by atoms with van der Waals surface area (Å²) in [5.41, 5.74) is 0. The molecule has 1 amide bonds. The lowest BCUT2D eigenvalue weighted by molar-refractivity contribution is -0.121. The summed E-state index contributed by atoms with van der Waals surface area (Å²) < 4.78 is 0. The second kappa shape index (κ2) is 8.42. The Morgan fingerprint density at radius 1 is 1.20 bits per heavy atom. The highest BCUT2D eigenvalue weighted by Crippen LogP contribution is 2.31. The van der Waals surface area contributed by atoms with Crippen LogP contribution in [0.1, 0.15) is 38.5 Å². The van der Waals surface area contributed by atoms with Crippen LogP contribution in [0.5, 0.6) is 0 Å². The van der Waals surface area contributed by atoms with Gasteiger partial charge in [0.25, 0.3) is 0 Å². The molecule has 1 aliphatic carbocycles. The number of likely N-dealkylation sites (tertiary alicyclic amines) is 1. The monoisotopic (exact) mass is 323 g/mol. The van der Waals surface area contributed by atoms with E-state index in [1.807, 2.05) is 0 Å². The van der Waals surface area contributed by atoms with Gasteiger partial charge in [-0.15, -0.1) is 24.8 Å². The van der Waals surface area contributed by atoms with E-state index in [0.29, 0.717) is 18.4 Å². The quantitative estimate of drug-likeness (QED) is 0.807. The minimum absolute atomic E-state index is 0. The molecule has 20 heavy (non-hydrogen) atoms. The number of hydrogen-bond acceptors (Lipinski definition) is 3. The van der Waals surface area contributed by atoms with Crippen molar-refractivity contribution in [2.45, 2.75) is 50.6 Å². The van der Waals surface area contributed by atoms with Gasteiger partial charge in [-0.2, -0.15) is 0 Å². The number of nitrogens with one attached hydrogen (secondary N) is 2. The minimum Gasteiger partial charge on any atom is -0.356 e. The Kier molecular flexibility index (Phi) is 7.59. The minimum atomic E-state index is 0. The van der Waals surface area contributed by atoms with Crippen LogP contribution in [0.15, 0.2) is 0 Å². The van der Waals surface area contributed by atoms with Gasteiger partial charge in [-0.1, -0.05) is 0 Å². The molecule has 0 spiro atoms. The first-order valence-electron chi connectivity index (χ1n) is 7.55. The van der Waals surface area contributed by atoms with Crippen molar-refractivity contribution in [3.63, 3.8) is 0 Å². The number of halogens is 2. The molecule has 2 atom stereocenters. The average molecular weight is 324 g/mol. The molecular weight excluding hydrogens is 297 g/mol. The molecule has 4 nitrogen and oxygen atoms in total. The van der Waals surface area contributed by atoms with Gasteiger partial charge < -0.3 is 15.5 Å². The summed E-state index contributed by atoms with van der Waals surface area (Å²) in [6.07, 6.45) is 7.10. The van der Waals surface area contributed by atoms with Crippen molar-refractivity contribution >= 4 is 30.7 Å². The first-order valence-corrected chi connectivity index (χ1v) is 7.55. The van der Waals surface area contributed by atoms with Gasteiger partial charge in [0.2, 0.25) is 5.91 Å². The predicted octanol–water partition coefficient (Wildman–Crippen LogP) is 1.57. The lowest BCUT2D eigenvalue weighted by Gasteiger charge is -2.16. The lowest BCUT2D eigenvalue weighted by atomic mass is 10.1. The van der Waals surface area contributed by atoms with Crippen molar-refractivity contribution in [3.8, 4) is 0 Å². The number of nitrogens with zero attached hydrogens (tertiary/aromatic N) is 1. The normalized spacial score (nSPS) is 29.6. The van der Waals surface area contributed by atoms with Crippen molar-refractivity contribution < 1.29 is 4.79 Å². The third-order valence-corrected chi connectivity index (χ3v) is 4.56. The fourth-order valence-electron chi connectivity index (χ4n) is 3.29. The summed E-state index contributed by atoms with van der Waals surface area (Å²) in [6, 6.07) is 1.31. The van der Waals surface area contributed by atoms with E-state index in [4.69, 9.17) is 0 Å². The highest BCUT2D eigenvalue weighted by molar-refractivity contribution is 5.85. The maximum absolute atomic E-state index is 11.8. The Hall–Kier alpha value is -0.0300. The second-order valence-corrected chi connectivity index (χ2v) is 6.18. The van der Waals surface area contributed by atoms with Crippen molar-refractivity contribution in [1.82, 2.24) is 15.5 Å². The van der Waals surface area contributed by atoms with Crippen LogP contribution in [0, 0.1) is 5.92 Å². The Morgan fingerprint density at radius 3 is 2.65 bits per heavy atom. The molecule has 2 aliphatic heterocycles. The molecule has 118 valence electrons. The Morgan fingerprint density at radius 2 is 2.00 bits per heavy atom. The van der Waals surface area contributed by atoms with E-state index in [1.54, 1.807) is 0 Å². The largest absolute Gasteiger partial charge is 0.356 e. The zero-order chi connectivity index (χ0) is 12.4. The summed E-state index contributed by atoms with van der Waals surface area (Å²) in [4.78, 5) is 14.4. The molecule has 3 rings (SSSR count). The van der Waals surface area contributed by atoms with E-state index in [9.17, 15) is 4.79 Å². The molecule has 2 saturated heterocycles. The second-order valence-electron chi connectivity index (χ2n) is 6.18. The molecule has 6 heteroatoms. The average Bonchev–Trinajstić information content (AvgIpc) is 2.90. The molecule has 0 bridgehead atoms. The number of carbonyl (C=O) groups is 1. The van der Waals surface area contributed by atoms with Crippen molar-refractivity contribution in [1.29, 1.82) is 0 Å². The highest BCUT2D eigenvalue weighted by Gasteiger charge is 2.34. The van der Waals surface area contributed by atoms with Gasteiger partial charge in [0.1, 0.15) is 0 Å². The number of hydrogen-bond donors (Lipinski definition) is 2. The summed E-state index contributed by atoms with van der Waals surface area (Å²) in [6.45, 7) is 4.41. The molecule has 2 N–H and O–H groups in total. The first-order chi connectivity index (χ1) is 8.81. The van der Waals surface area contributed by atoms with Gasteiger partial charge in [0, 0.05) is 31.6 Å². The molecule has 0 aromatic rings. The van der Waals surface area contributed by atoms with Crippen LogP contribution in [0.2, 0.25) is 0 Å². The summed E-state index contributed by atoms with van der Waals surface area (Å²) in [5.74, 6) is 0.922. The summed E-state index contributed by atoms with van der Waals surface area (Å²) >= 11 is 0. The molecular formula is C14H27Cl2N3O. The highest BCUT2D eigenvalue weighted by atomic mass is 35.5. The molecule has 2 unspecified atom stereocenters. The maximum Gasteiger partial charge on any atom is 0.221 e. The van der Waals surface area contributed by atoms with Gasteiger partial charge in [-0.3, -0.25) is 4.79 Å². The van der Waals surface area contributed by atoms with Gasteiger partial charge in [-0.05, 0) is 51.1 Å². The third kappa shape index (κ3) is 5.06. The van der Waals surface area contributed by atoms with Crippen LogP contribution in [-0.4, -0.2) is 49.1 Å². The molecule has 0 aromatic carbocycles. The standard InChI is InChI=1S/C14H25N3O.2ClH/c18-14(8-12-2-1-6-15-12)16-9-11-5-7-17(10-11)13-3-4-13;;/h11-13,15H,1-10H2,(H,16,18);2*1H. The zero-order valence-electron chi connectivity index (χ0n) is 12.0. The molecule has 1 saturated carbocycles. The van der Waals surface area contributed by atoms with E-state index in [-0.39, 0.29) is 30.7 Å². The Labute approximate surface area is 134 Å². The van der Waals surface area contributed by atoms with E-state index in [1.165, 1.54) is 38.8 Å². The summed E-state index contributed by atoms with van der Waals surface area (Å²) in [5, 5.41) is 6.50. The number of amides is 1. The first kappa shape index (κ1) is 18.0. The van der Waals surface area contributed by atoms with Crippen molar-refractivity contribution in [2.75, 3.05) is 26.2 Å². The van der Waals surface area contributed by atoms with Crippen LogP contribution < -0.4 is 10.6 Å². The fourth-order valence-corrected chi connectivity index (χ4v) is 3.29. The van der Waals surface area contributed by atoms with Crippen molar-refractivity contribution in [2.24, 2.45) is 5.92 Å². The van der Waals surface area contributed by atoms with Crippen LogP contribution in [0.25, 0.3) is 0 Å². The molecule has 2 heterocycles. The van der Waals surface area contributed by atoms with Gasteiger partial charge in [-0.25, -0.2) is 0 Å². The van der Waals surface area contributed by atoms with Gasteiger partial charge >= 0.3 is 0 Å². The molecule has 3 fully saturated rings. The van der Waals surface area contributed by atoms with E-state index in [0.717, 1.165) is 25.6 Å². The SMILES string of the molecule is Cl.Cl.O=C(CC1CCCN1)NCC1CCN(C2CC2)C1. The molecule has 0 radical (unpaired) electrons. The van der Waals surface area contributed by atoms with Gasteiger partial charge in [0.15, 0.2) is 0 Å². The van der Waals surface area contributed by atoms with E-state index < -0.39 is 0 Å². The predicted molar refractivity (Wildman–Crippen MR) is 85.8 cm³/mol. The van der Waals surface area contributed by atoms with E-state index >= 15 is 0 Å². The Balaban J connectivity index is 0.000001000. The fraction of sp³-hybridized carbons (Fsp3) is 0.929. The molecule has 0 aromatic heterocycles. The maximum atomic E-state index is 11.8. The van der Waals surface area contributed by atoms with E-state index in [2.05, 4.69) is 15.5 Å². The Bertz CT molecular complexity index is 307. The number of rotatable bonds is 5. The zero-order valence-corrected chi connectivity index (χ0v) is 13.6. The lowest BCUT2D eigenvalue weighted by Crippen LogP contribution is -2.35. The smallest absolute Gasteiger partial charge is 0.221 e. The number of carbonyl (C=O) groups excluding carboxylic acids is 1. The van der Waals surface area contributed by atoms with Crippen LogP contribution in [0.3, 0.4) is 0 Å². The summed E-state index contributed by atoms with van der Waals surface area (Å²) in [7, 11) is 0. The van der Waals surface area contributed by atoms with Crippen LogP contribution in [0.4, 0.5) is 0 Å². The topological polar surface area (TPSA) is 44.4 Å². The van der Waals surface area contributed by atoms with Crippen molar-refractivity contribution in [3.05, 3.63) is 0 Å². The van der Waals surface area contributed by atoms with Crippen LogP contribution >= 0.6 is 24.8 Å². The molecule has 3 aliphatic rings. The van der Waals surface area contributed by atoms with Crippen LogP contribution in [-0.2, 0) is 4.79 Å². The van der Waals surface area contributed by atoms with Gasteiger partial charge in [0.05, 0.1) is 0 Å². The third-order valence-electron chi connectivity index (χ3n) is 4.56.